The summed E-state index contributed by atoms with van der Waals surface area (Å²) in [6.45, 7) is 9.11. The maximum atomic E-state index is 13.3. The van der Waals surface area contributed by atoms with Crippen LogP contribution in [0.5, 0.6) is 0 Å². The van der Waals surface area contributed by atoms with E-state index in [-0.39, 0.29) is 5.02 Å². The van der Waals surface area contributed by atoms with Gasteiger partial charge in [-0.25, -0.2) is 4.39 Å². The minimum absolute atomic E-state index is 0.0227. The molecule has 1 unspecified atom stereocenters. The molecular formula is C15H23ClFN3O. The van der Waals surface area contributed by atoms with Gasteiger partial charge in [0.2, 0.25) is 5.91 Å². The number of carbonyl (C=O) groups excluding carboxylic acids is 1. The molecular weight excluding hydrogens is 293 g/mol. The summed E-state index contributed by atoms with van der Waals surface area (Å²) >= 11 is 5.79. The van der Waals surface area contributed by atoms with Crippen molar-refractivity contribution in [3.63, 3.8) is 0 Å². The molecule has 1 aromatic carbocycles. The molecule has 1 atom stereocenters. The molecule has 4 nitrogen and oxygen atoms in total. The highest BCUT2D eigenvalue weighted by Gasteiger charge is 2.33. The monoisotopic (exact) mass is 315 g/mol. The fourth-order valence-electron chi connectivity index (χ4n) is 2.14. The fourth-order valence-corrected chi connectivity index (χ4v) is 2.32. The lowest BCUT2D eigenvalue weighted by molar-refractivity contribution is -0.124. The van der Waals surface area contributed by atoms with Crippen LogP contribution in [0.4, 0.5) is 4.39 Å². The van der Waals surface area contributed by atoms with Crippen LogP contribution < -0.4 is 11.1 Å². The molecule has 0 saturated heterocycles. The smallest absolute Gasteiger partial charge is 0.242 e. The van der Waals surface area contributed by atoms with Crippen LogP contribution in [0, 0.1) is 5.82 Å². The predicted molar refractivity (Wildman–Crippen MR) is 83.7 cm³/mol. The number of nitrogens with one attached hydrogen (secondary N) is 1. The summed E-state index contributed by atoms with van der Waals surface area (Å²) in [7, 11) is 0. The normalized spacial score (nSPS) is 14.2. The summed E-state index contributed by atoms with van der Waals surface area (Å²) in [6.07, 6.45) is 0. The number of primary amides is 1. The van der Waals surface area contributed by atoms with E-state index in [1.54, 1.807) is 6.92 Å². The first-order chi connectivity index (χ1) is 9.85. The van der Waals surface area contributed by atoms with Crippen molar-refractivity contribution in [3.05, 3.63) is 34.6 Å². The quantitative estimate of drug-likeness (QED) is 0.772. The summed E-state index contributed by atoms with van der Waals surface area (Å²) in [6, 6.07) is 4.20. The Hall–Kier alpha value is -1.17. The summed E-state index contributed by atoms with van der Waals surface area (Å²) in [5, 5.41) is 3.14. The van der Waals surface area contributed by atoms with Crippen LogP contribution in [-0.2, 0) is 10.3 Å². The number of benzene rings is 1. The highest BCUT2D eigenvalue weighted by Crippen LogP contribution is 2.25. The lowest BCUT2D eigenvalue weighted by Crippen LogP contribution is -2.52. The number of carbonyl (C=O) groups is 1. The Balaban J connectivity index is 2.87. The van der Waals surface area contributed by atoms with Crippen molar-refractivity contribution in [2.45, 2.75) is 26.3 Å². The number of halogens is 2. The third-order valence-corrected chi connectivity index (χ3v) is 4.08. The lowest BCUT2D eigenvalue weighted by Gasteiger charge is -2.30. The first kappa shape index (κ1) is 17.9. The second kappa shape index (κ2) is 7.73. The molecule has 0 bridgehead atoms. The Labute approximate surface area is 130 Å². The number of nitrogens with two attached hydrogens (primary N) is 1. The molecule has 0 fully saturated rings. The molecule has 21 heavy (non-hydrogen) atoms. The van der Waals surface area contributed by atoms with Gasteiger partial charge in [0.15, 0.2) is 0 Å². The van der Waals surface area contributed by atoms with Crippen LogP contribution in [0.1, 0.15) is 26.3 Å². The lowest BCUT2D eigenvalue weighted by atomic mass is 9.91. The topological polar surface area (TPSA) is 58.4 Å². The van der Waals surface area contributed by atoms with Gasteiger partial charge in [-0.2, -0.15) is 0 Å². The summed E-state index contributed by atoms with van der Waals surface area (Å²) < 4.78 is 13.3. The Morgan fingerprint density at radius 1 is 1.43 bits per heavy atom. The number of nitrogens with zero attached hydrogens (tertiary/aromatic N) is 1. The number of amides is 1. The average Bonchev–Trinajstić information content (AvgIpc) is 2.46. The molecule has 118 valence electrons. The van der Waals surface area contributed by atoms with E-state index in [1.165, 1.54) is 18.2 Å². The molecule has 1 rings (SSSR count). The van der Waals surface area contributed by atoms with Crippen LogP contribution in [0.3, 0.4) is 0 Å². The number of rotatable bonds is 8. The van der Waals surface area contributed by atoms with Crippen molar-refractivity contribution in [3.8, 4) is 0 Å². The Morgan fingerprint density at radius 2 is 2.05 bits per heavy atom. The number of likely N-dealkylation sites (N-methyl/N-ethyl adjacent to an activating group) is 1. The molecule has 0 spiro atoms. The van der Waals surface area contributed by atoms with Crippen molar-refractivity contribution in [2.75, 3.05) is 26.2 Å². The first-order valence-corrected chi connectivity index (χ1v) is 7.45. The second-order valence-electron chi connectivity index (χ2n) is 5.07. The summed E-state index contributed by atoms with van der Waals surface area (Å²) in [4.78, 5) is 14.1. The van der Waals surface area contributed by atoms with Crippen molar-refractivity contribution in [1.82, 2.24) is 10.2 Å². The average molecular weight is 316 g/mol. The Kier molecular flexibility index (Phi) is 6.58. The van der Waals surface area contributed by atoms with Crippen LogP contribution in [-0.4, -0.2) is 37.0 Å². The molecule has 6 heteroatoms. The van der Waals surface area contributed by atoms with E-state index < -0.39 is 17.3 Å². The van der Waals surface area contributed by atoms with E-state index in [0.29, 0.717) is 12.1 Å². The van der Waals surface area contributed by atoms with E-state index >= 15 is 0 Å². The molecule has 3 N–H and O–H groups in total. The largest absolute Gasteiger partial charge is 0.368 e. The molecule has 0 aliphatic rings. The van der Waals surface area contributed by atoms with E-state index in [0.717, 1.165) is 19.6 Å². The summed E-state index contributed by atoms with van der Waals surface area (Å²) in [5.41, 5.74) is 5.00. The highest BCUT2D eigenvalue weighted by molar-refractivity contribution is 6.30. The van der Waals surface area contributed by atoms with Gasteiger partial charge >= 0.3 is 0 Å². The predicted octanol–water partition coefficient (Wildman–Crippen LogP) is 2.11. The van der Waals surface area contributed by atoms with Crippen molar-refractivity contribution in [1.29, 1.82) is 0 Å². The zero-order valence-electron chi connectivity index (χ0n) is 12.7. The minimum atomic E-state index is -1.08. The van der Waals surface area contributed by atoms with E-state index in [2.05, 4.69) is 24.1 Å². The van der Waals surface area contributed by atoms with Gasteiger partial charge in [0, 0.05) is 13.1 Å². The van der Waals surface area contributed by atoms with E-state index in [1.807, 2.05) is 0 Å². The molecule has 0 saturated carbocycles. The Bertz CT molecular complexity index is 494. The van der Waals surface area contributed by atoms with Gasteiger partial charge in [0.25, 0.3) is 0 Å². The maximum absolute atomic E-state index is 13.3. The Morgan fingerprint density at radius 3 is 2.52 bits per heavy atom. The number of hydrogen-bond donors (Lipinski definition) is 2. The molecule has 0 heterocycles. The van der Waals surface area contributed by atoms with Gasteiger partial charge in [0.1, 0.15) is 11.4 Å². The molecule has 1 amide bonds. The molecule has 0 aliphatic carbocycles. The second-order valence-corrected chi connectivity index (χ2v) is 5.48. The zero-order valence-corrected chi connectivity index (χ0v) is 13.5. The first-order valence-electron chi connectivity index (χ1n) is 7.08. The fraction of sp³-hybridized carbons (Fsp3) is 0.533. The summed E-state index contributed by atoms with van der Waals surface area (Å²) in [5.74, 6) is -1.04. The van der Waals surface area contributed by atoms with Crippen LogP contribution >= 0.6 is 11.6 Å². The molecule has 0 radical (unpaired) electrons. The van der Waals surface area contributed by atoms with Crippen LogP contribution in [0.2, 0.25) is 5.02 Å². The van der Waals surface area contributed by atoms with Crippen molar-refractivity contribution in [2.24, 2.45) is 5.73 Å². The van der Waals surface area contributed by atoms with Crippen LogP contribution in [0.15, 0.2) is 18.2 Å². The SMILES string of the molecule is CCN(CC)CCNC(C)(C(N)=O)c1ccc(F)c(Cl)c1. The van der Waals surface area contributed by atoms with Crippen LogP contribution in [0.25, 0.3) is 0 Å². The van der Waals surface area contributed by atoms with Gasteiger partial charge < -0.3 is 10.6 Å². The van der Waals surface area contributed by atoms with E-state index in [9.17, 15) is 9.18 Å². The molecule has 0 aromatic heterocycles. The minimum Gasteiger partial charge on any atom is -0.368 e. The maximum Gasteiger partial charge on any atom is 0.242 e. The van der Waals surface area contributed by atoms with Gasteiger partial charge in [-0.05, 0) is 37.7 Å². The standard InChI is InChI=1S/C15H23ClFN3O/c1-4-20(5-2)9-8-19-15(3,14(18)21)11-6-7-13(17)12(16)10-11/h6-7,10,19H,4-5,8-9H2,1-3H3,(H2,18,21). The highest BCUT2D eigenvalue weighted by atomic mass is 35.5. The van der Waals surface area contributed by atoms with Crippen molar-refractivity contribution >= 4 is 17.5 Å². The zero-order chi connectivity index (χ0) is 16.0. The van der Waals surface area contributed by atoms with Gasteiger partial charge in [-0.1, -0.05) is 31.5 Å². The third-order valence-electron chi connectivity index (χ3n) is 3.79. The third kappa shape index (κ3) is 4.40. The van der Waals surface area contributed by atoms with Crippen molar-refractivity contribution < 1.29 is 9.18 Å². The van der Waals surface area contributed by atoms with Gasteiger partial charge in [0.05, 0.1) is 5.02 Å². The number of hydrogen-bond acceptors (Lipinski definition) is 3. The van der Waals surface area contributed by atoms with Gasteiger partial charge in [-0.15, -0.1) is 0 Å². The van der Waals surface area contributed by atoms with E-state index in [4.69, 9.17) is 17.3 Å². The van der Waals surface area contributed by atoms with Gasteiger partial charge in [-0.3, -0.25) is 10.1 Å². The molecule has 0 aliphatic heterocycles. The molecule has 1 aromatic rings.